The zero-order valence-corrected chi connectivity index (χ0v) is 15.1. The van der Waals surface area contributed by atoms with Gasteiger partial charge in [0.05, 0.1) is 10.5 Å². The van der Waals surface area contributed by atoms with Gasteiger partial charge in [0.15, 0.2) is 0 Å². The molecule has 2 heterocycles. The first-order chi connectivity index (χ1) is 12.6. The fraction of sp³-hybridized carbons (Fsp3) is 0.471. The number of halogens is 3. The molecule has 0 aliphatic carbocycles. The Morgan fingerprint density at radius 3 is 2.63 bits per heavy atom. The van der Waals surface area contributed by atoms with Crippen LogP contribution in [0.5, 0.6) is 0 Å². The first-order valence-corrected chi connectivity index (χ1v) is 9.95. The van der Waals surface area contributed by atoms with Crippen molar-refractivity contribution in [2.45, 2.75) is 42.8 Å². The first kappa shape index (κ1) is 19.8. The van der Waals surface area contributed by atoms with Gasteiger partial charge >= 0.3 is 6.18 Å². The number of hydrogen-bond acceptors (Lipinski definition) is 4. The van der Waals surface area contributed by atoms with Gasteiger partial charge in [-0.15, -0.1) is 0 Å². The van der Waals surface area contributed by atoms with E-state index in [1.54, 1.807) is 0 Å². The number of alkyl halides is 3. The van der Waals surface area contributed by atoms with E-state index in [0.29, 0.717) is 18.9 Å². The van der Waals surface area contributed by atoms with E-state index in [-0.39, 0.29) is 41.4 Å². The van der Waals surface area contributed by atoms with Crippen molar-refractivity contribution in [3.05, 3.63) is 40.2 Å². The van der Waals surface area contributed by atoms with Crippen LogP contribution >= 0.6 is 0 Å². The SMILES string of the molecule is O=c1cc(C(F)(F)F)c2cc(S(=O)(=O)N3CCCCC3CCO)ccc2[nH]1. The standard InChI is InChI=1S/C17H19F3N2O4S/c18-17(19,20)14-10-16(24)21-15-5-4-12(9-13(14)15)27(25,26)22-7-2-1-3-11(22)6-8-23/h4-5,9-11,23H,1-3,6-8H2,(H,21,24). The number of aliphatic hydroxyl groups is 1. The molecule has 27 heavy (non-hydrogen) atoms. The minimum atomic E-state index is -4.79. The molecule has 1 saturated heterocycles. The fourth-order valence-electron chi connectivity index (χ4n) is 3.49. The molecule has 1 aliphatic heterocycles. The second-order valence-corrected chi connectivity index (χ2v) is 8.42. The van der Waals surface area contributed by atoms with Gasteiger partial charge in [-0.2, -0.15) is 17.5 Å². The largest absolute Gasteiger partial charge is 0.417 e. The van der Waals surface area contributed by atoms with E-state index in [1.165, 1.54) is 16.4 Å². The number of nitrogens with one attached hydrogen (secondary N) is 1. The Morgan fingerprint density at radius 2 is 1.96 bits per heavy atom. The maximum Gasteiger partial charge on any atom is 0.417 e. The lowest BCUT2D eigenvalue weighted by atomic mass is 10.0. The number of aliphatic hydroxyl groups excluding tert-OH is 1. The third-order valence-corrected chi connectivity index (χ3v) is 6.71. The summed E-state index contributed by atoms with van der Waals surface area (Å²) in [4.78, 5) is 13.5. The van der Waals surface area contributed by atoms with Crippen molar-refractivity contribution in [3.8, 4) is 0 Å². The van der Waals surface area contributed by atoms with Crippen molar-refractivity contribution < 1.29 is 26.7 Å². The van der Waals surface area contributed by atoms with Gasteiger partial charge in [0.2, 0.25) is 15.6 Å². The third kappa shape index (κ3) is 3.87. The van der Waals surface area contributed by atoms with Crippen molar-refractivity contribution in [2.24, 2.45) is 0 Å². The smallest absolute Gasteiger partial charge is 0.396 e. The number of sulfonamides is 1. The van der Waals surface area contributed by atoms with Crippen LogP contribution < -0.4 is 5.56 Å². The Balaban J connectivity index is 2.13. The van der Waals surface area contributed by atoms with Crippen molar-refractivity contribution in [1.29, 1.82) is 0 Å². The summed E-state index contributed by atoms with van der Waals surface area (Å²) in [6, 6.07) is 3.35. The fourth-order valence-corrected chi connectivity index (χ4v) is 5.24. The van der Waals surface area contributed by atoms with Crippen LogP contribution in [0.1, 0.15) is 31.2 Å². The molecule has 10 heteroatoms. The summed E-state index contributed by atoms with van der Waals surface area (Å²) in [5, 5.41) is 8.81. The molecule has 1 fully saturated rings. The van der Waals surface area contributed by atoms with Crippen LogP contribution in [0.15, 0.2) is 34.0 Å². The average Bonchev–Trinajstić information content (AvgIpc) is 2.60. The number of pyridine rings is 1. The molecule has 2 aromatic rings. The van der Waals surface area contributed by atoms with Gasteiger partial charge in [-0.1, -0.05) is 6.42 Å². The summed E-state index contributed by atoms with van der Waals surface area (Å²) < 4.78 is 67.2. The molecular formula is C17H19F3N2O4S. The highest BCUT2D eigenvalue weighted by molar-refractivity contribution is 7.89. The second kappa shape index (κ2) is 7.25. The highest BCUT2D eigenvalue weighted by Gasteiger charge is 2.36. The molecule has 1 unspecified atom stereocenters. The third-order valence-electron chi connectivity index (χ3n) is 4.76. The zero-order valence-electron chi connectivity index (χ0n) is 14.3. The normalized spacial score (nSPS) is 19.5. The molecule has 1 aliphatic rings. The second-order valence-electron chi connectivity index (χ2n) is 6.53. The van der Waals surface area contributed by atoms with Crippen molar-refractivity contribution in [1.82, 2.24) is 9.29 Å². The first-order valence-electron chi connectivity index (χ1n) is 8.51. The molecule has 0 amide bonds. The van der Waals surface area contributed by atoms with Crippen molar-refractivity contribution in [3.63, 3.8) is 0 Å². The van der Waals surface area contributed by atoms with Gasteiger partial charge < -0.3 is 10.1 Å². The Labute approximate surface area is 153 Å². The maximum absolute atomic E-state index is 13.3. The lowest BCUT2D eigenvalue weighted by Gasteiger charge is -2.34. The Bertz CT molecular complexity index is 999. The van der Waals surface area contributed by atoms with Crippen LogP contribution in [0.4, 0.5) is 13.2 Å². The van der Waals surface area contributed by atoms with Crippen LogP contribution in [0.25, 0.3) is 10.9 Å². The Hall–Kier alpha value is -1.91. The van der Waals surface area contributed by atoms with Crippen molar-refractivity contribution in [2.75, 3.05) is 13.2 Å². The van der Waals surface area contributed by atoms with Gasteiger partial charge in [0.25, 0.3) is 0 Å². The molecule has 0 bridgehead atoms. The summed E-state index contributed by atoms with van der Waals surface area (Å²) >= 11 is 0. The van der Waals surface area contributed by atoms with Gasteiger partial charge in [-0.05, 0) is 37.5 Å². The van der Waals surface area contributed by atoms with E-state index in [4.69, 9.17) is 0 Å². The van der Waals surface area contributed by atoms with Crippen LogP contribution in [0, 0.1) is 0 Å². The van der Waals surface area contributed by atoms with Gasteiger partial charge in [0, 0.05) is 36.2 Å². The number of piperidine rings is 1. The summed E-state index contributed by atoms with van der Waals surface area (Å²) in [5.74, 6) is 0. The molecule has 2 N–H and O–H groups in total. The van der Waals surface area contributed by atoms with E-state index in [1.807, 2.05) is 0 Å². The molecule has 1 atom stereocenters. The molecule has 148 valence electrons. The van der Waals surface area contributed by atoms with E-state index >= 15 is 0 Å². The zero-order chi connectivity index (χ0) is 19.8. The molecule has 0 radical (unpaired) electrons. The Kier molecular flexibility index (Phi) is 5.33. The number of benzene rings is 1. The predicted molar refractivity (Wildman–Crippen MR) is 92.8 cm³/mol. The number of nitrogens with zero attached hydrogens (tertiary/aromatic N) is 1. The van der Waals surface area contributed by atoms with Crippen LogP contribution in [0.2, 0.25) is 0 Å². The highest BCUT2D eigenvalue weighted by Crippen LogP contribution is 2.35. The summed E-state index contributed by atoms with van der Waals surface area (Å²) in [6.45, 7) is 0.0800. The minimum Gasteiger partial charge on any atom is -0.396 e. The quantitative estimate of drug-likeness (QED) is 0.819. The monoisotopic (exact) mass is 404 g/mol. The minimum absolute atomic E-state index is 0.0840. The number of hydrogen-bond donors (Lipinski definition) is 2. The van der Waals surface area contributed by atoms with Gasteiger partial charge in [-0.25, -0.2) is 8.42 Å². The van der Waals surface area contributed by atoms with E-state index in [0.717, 1.165) is 12.5 Å². The van der Waals surface area contributed by atoms with E-state index in [2.05, 4.69) is 4.98 Å². The van der Waals surface area contributed by atoms with E-state index < -0.39 is 27.3 Å². The topological polar surface area (TPSA) is 90.5 Å². The van der Waals surface area contributed by atoms with E-state index in [9.17, 15) is 31.5 Å². The molecule has 6 nitrogen and oxygen atoms in total. The van der Waals surface area contributed by atoms with Crippen LogP contribution in [-0.2, 0) is 16.2 Å². The summed E-state index contributed by atoms with van der Waals surface area (Å²) in [5.41, 5.74) is -2.17. The number of aromatic amines is 1. The summed E-state index contributed by atoms with van der Waals surface area (Å²) in [7, 11) is -4.03. The summed E-state index contributed by atoms with van der Waals surface area (Å²) in [6.07, 6.45) is -2.45. The van der Waals surface area contributed by atoms with Crippen LogP contribution in [-0.4, -0.2) is 42.0 Å². The molecule has 1 aromatic carbocycles. The molecule has 1 aromatic heterocycles. The highest BCUT2D eigenvalue weighted by atomic mass is 32.2. The Morgan fingerprint density at radius 1 is 1.22 bits per heavy atom. The predicted octanol–water partition coefficient (Wildman–Crippen LogP) is 2.47. The molecular weight excluding hydrogens is 385 g/mol. The molecule has 0 spiro atoms. The molecule has 0 saturated carbocycles. The maximum atomic E-state index is 13.3. The van der Waals surface area contributed by atoms with Crippen molar-refractivity contribution >= 4 is 20.9 Å². The molecule has 3 rings (SSSR count). The lowest BCUT2D eigenvalue weighted by molar-refractivity contribution is -0.136. The average molecular weight is 404 g/mol. The number of fused-ring (bicyclic) bond motifs is 1. The van der Waals surface area contributed by atoms with Crippen LogP contribution in [0.3, 0.4) is 0 Å². The van der Waals surface area contributed by atoms with Gasteiger partial charge in [-0.3, -0.25) is 4.79 Å². The van der Waals surface area contributed by atoms with Gasteiger partial charge in [0.1, 0.15) is 0 Å². The number of H-pyrrole nitrogens is 1. The number of rotatable bonds is 4. The number of aromatic nitrogens is 1. The lowest BCUT2D eigenvalue weighted by Crippen LogP contribution is -2.44.